The number of benzene rings is 3. The lowest BCUT2D eigenvalue weighted by molar-refractivity contribution is 0.407. The molecule has 2 nitrogen and oxygen atoms in total. The fraction of sp³-hybridized carbons (Fsp3) is 0.0588. The fourth-order valence-corrected chi connectivity index (χ4v) is 2.18. The van der Waals surface area contributed by atoms with Crippen LogP contribution < -0.4 is 10.5 Å². The lowest BCUT2D eigenvalue weighted by atomic mass is 10.1. The summed E-state index contributed by atoms with van der Waals surface area (Å²) in [4.78, 5) is 0. The topological polar surface area (TPSA) is 35.2 Å². The van der Waals surface area contributed by atoms with Gasteiger partial charge in [0.1, 0.15) is 5.75 Å². The molecule has 21 heavy (non-hydrogen) atoms. The standard InChI is InChI=1S/C17H13F2NO/c18-15-7-11(10-20)8-16(19)17(15)21-14-6-5-12-3-1-2-4-13(12)9-14/h1-9H,10,20H2. The van der Waals surface area contributed by atoms with Crippen LogP contribution in [0.2, 0.25) is 0 Å². The third-order valence-electron chi connectivity index (χ3n) is 3.23. The maximum absolute atomic E-state index is 13.9. The van der Waals surface area contributed by atoms with Crippen LogP contribution in [0, 0.1) is 11.6 Å². The Morgan fingerprint density at radius 3 is 2.19 bits per heavy atom. The summed E-state index contributed by atoms with van der Waals surface area (Å²) in [7, 11) is 0. The van der Waals surface area contributed by atoms with Crippen LogP contribution in [0.5, 0.6) is 11.5 Å². The van der Waals surface area contributed by atoms with Crippen molar-refractivity contribution in [1.29, 1.82) is 0 Å². The largest absolute Gasteiger partial charge is 0.451 e. The average molecular weight is 285 g/mol. The minimum absolute atomic E-state index is 0.0735. The number of fused-ring (bicyclic) bond motifs is 1. The van der Waals surface area contributed by atoms with E-state index in [1.807, 2.05) is 30.3 Å². The summed E-state index contributed by atoms with van der Waals surface area (Å²) < 4.78 is 33.1. The molecular formula is C17H13F2NO. The molecule has 2 N–H and O–H groups in total. The number of rotatable bonds is 3. The summed E-state index contributed by atoms with van der Waals surface area (Å²) in [6.45, 7) is 0.0735. The van der Waals surface area contributed by atoms with Gasteiger partial charge < -0.3 is 10.5 Å². The predicted molar refractivity (Wildman–Crippen MR) is 78.3 cm³/mol. The number of halogens is 2. The summed E-state index contributed by atoms with van der Waals surface area (Å²) in [6.07, 6.45) is 0. The van der Waals surface area contributed by atoms with E-state index in [9.17, 15) is 8.78 Å². The van der Waals surface area contributed by atoms with Crippen molar-refractivity contribution < 1.29 is 13.5 Å². The second kappa shape index (κ2) is 5.50. The third kappa shape index (κ3) is 2.71. The van der Waals surface area contributed by atoms with Crippen molar-refractivity contribution in [2.24, 2.45) is 5.73 Å². The van der Waals surface area contributed by atoms with E-state index >= 15 is 0 Å². The summed E-state index contributed by atoms with van der Waals surface area (Å²) in [5, 5.41) is 1.97. The van der Waals surface area contributed by atoms with Gasteiger partial charge in [-0.05, 0) is 40.6 Å². The molecule has 3 rings (SSSR count). The van der Waals surface area contributed by atoms with Gasteiger partial charge in [-0.25, -0.2) is 8.78 Å². The van der Waals surface area contributed by atoms with E-state index in [0.717, 1.165) is 10.8 Å². The quantitative estimate of drug-likeness (QED) is 0.775. The Morgan fingerprint density at radius 2 is 1.52 bits per heavy atom. The van der Waals surface area contributed by atoms with Gasteiger partial charge in [0, 0.05) is 6.54 Å². The van der Waals surface area contributed by atoms with Crippen molar-refractivity contribution >= 4 is 10.8 Å². The van der Waals surface area contributed by atoms with Crippen LogP contribution in [0.3, 0.4) is 0 Å². The van der Waals surface area contributed by atoms with Crippen molar-refractivity contribution in [3.8, 4) is 11.5 Å². The Kier molecular flexibility index (Phi) is 3.54. The number of ether oxygens (including phenoxy) is 1. The molecule has 0 saturated heterocycles. The predicted octanol–water partition coefficient (Wildman–Crippen LogP) is 4.37. The molecule has 0 heterocycles. The molecule has 0 saturated carbocycles. The first-order chi connectivity index (χ1) is 10.2. The third-order valence-corrected chi connectivity index (χ3v) is 3.23. The maximum Gasteiger partial charge on any atom is 0.198 e. The average Bonchev–Trinajstić information content (AvgIpc) is 2.50. The van der Waals surface area contributed by atoms with Gasteiger partial charge in [0.25, 0.3) is 0 Å². The van der Waals surface area contributed by atoms with Crippen LogP contribution in [-0.2, 0) is 6.54 Å². The van der Waals surface area contributed by atoms with Gasteiger partial charge in [-0.1, -0.05) is 30.3 Å². The lowest BCUT2D eigenvalue weighted by Gasteiger charge is -2.10. The first-order valence-corrected chi connectivity index (χ1v) is 6.52. The highest BCUT2D eigenvalue weighted by atomic mass is 19.1. The van der Waals surface area contributed by atoms with Crippen molar-refractivity contribution in [1.82, 2.24) is 0 Å². The van der Waals surface area contributed by atoms with Crippen molar-refractivity contribution in [3.05, 3.63) is 71.8 Å². The maximum atomic E-state index is 13.9. The van der Waals surface area contributed by atoms with Crippen LogP contribution in [0.25, 0.3) is 10.8 Å². The highest BCUT2D eigenvalue weighted by molar-refractivity contribution is 5.83. The first-order valence-electron chi connectivity index (χ1n) is 6.52. The van der Waals surface area contributed by atoms with Gasteiger partial charge >= 0.3 is 0 Å². The zero-order valence-corrected chi connectivity index (χ0v) is 11.1. The van der Waals surface area contributed by atoms with Gasteiger partial charge in [0.2, 0.25) is 0 Å². The van der Waals surface area contributed by atoms with Crippen LogP contribution >= 0.6 is 0 Å². The van der Waals surface area contributed by atoms with Crippen LogP contribution in [0.15, 0.2) is 54.6 Å². The Hall–Kier alpha value is -2.46. The number of nitrogens with two attached hydrogens (primary N) is 1. The minimum Gasteiger partial charge on any atom is -0.451 e. The molecule has 106 valence electrons. The Labute approximate surface area is 120 Å². The highest BCUT2D eigenvalue weighted by Gasteiger charge is 2.13. The summed E-state index contributed by atoms with van der Waals surface area (Å²) in [6, 6.07) is 15.3. The van der Waals surface area contributed by atoms with Crippen LogP contribution in [0.1, 0.15) is 5.56 Å². The molecule has 0 atom stereocenters. The number of hydrogen-bond acceptors (Lipinski definition) is 2. The highest BCUT2D eigenvalue weighted by Crippen LogP contribution is 2.30. The van der Waals surface area contributed by atoms with E-state index in [1.54, 1.807) is 12.1 Å². The van der Waals surface area contributed by atoms with E-state index in [4.69, 9.17) is 10.5 Å². The van der Waals surface area contributed by atoms with Crippen molar-refractivity contribution in [3.63, 3.8) is 0 Å². The second-order valence-corrected chi connectivity index (χ2v) is 4.70. The summed E-state index contributed by atoms with van der Waals surface area (Å²) in [5.41, 5.74) is 5.76. The molecule has 0 aromatic heterocycles. The Bertz CT molecular complexity index is 779. The molecule has 0 aliphatic carbocycles. The van der Waals surface area contributed by atoms with Crippen LogP contribution in [0.4, 0.5) is 8.78 Å². The normalized spacial score (nSPS) is 10.8. The van der Waals surface area contributed by atoms with E-state index in [1.165, 1.54) is 12.1 Å². The van der Waals surface area contributed by atoms with Crippen LogP contribution in [-0.4, -0.2) is 0 Å². The van der Waals surface area contributed by atoms with Gasteiger partial charge in [-0.3, -0.25) is 0 Å². The monoisotopic (exact) mass is 285 g/mol. The van der Waals surface area contributed by atoms with Gasteiger partial charge in [-0.15, -0.1) is 0 Å². The molecule has 0 aliphatic heterocycles. The smallest absolute Gasteiger partial charge is 0.198 e. The van der Waals surface area contributed by atoms with E-state index < -0.39 is 17.4 Å². The minimum atomic E-state index is -0.761. The van der Waals surface area contributed by atoms with E-state index in [2.05, 4.69) is 0 Å². The molecule has 0 amide bonds. The summed E-state index contributed by atoms with van der Waals surface area (Å²) >= 11 is 0. The first kappa shape index (κ1) is 13.5. The zero-order valence-electron chi connectivity index (χ0n) is 11.1. The Morgan fingerprint density at radius 1 is 0.857 bits per heavy atom. The van der Waals surface area contributed by atoms with Gasteiger partial charge in [0.15, 0.2) is 17.4 Å². The van der Waals surface area contributed by atoms with Gasteiger partial charge in [0.05, 0.1) is 0 Å². The van der Waals surface area contributed by atoms with Crippen molar-refractivity contribution in [2.45, 2.75) is 6.54 Å². The molecule has 0 unspecified atom stereocenters. The molecule has 3 aromatic carbocycles. The molecule has 0 fully saturated rings. The SMILES string of the molecule is NCc1cc(F)c(Oc2ccc3ccccc3c2)c(F)c1. The molecule has 4 heteroatoms. The molecular weight excluding hydrogens is 272 g/mol. The Balaban J connectivity index is 1.98. The fourth-order valence-electron chi connectivity index (χ4n) is 2.18. The molecule has 0 bridgehead atoms. The van der Waals surface area contributed by atoms with Gasteiger partial charge in [-0.2, -0.15) is 0 Å². The number of hydrogen-bond donors (Lipinski definition) is 1. The lowest BCUT2D eigenvalue weighted by Crippen LogP contribution is -2.00. The molecule has 3 aromatic rings. The molecule has 0 aliphatic rings. The molecule has 0 spiro atoms. The summed E-state index contributed by atoms with van der Waals surface area (Å²) in [5.74, 6) is -1.55. The molecule has 0 radical (unpaired) electrons. The van der Waals surface area contributed by atoms with Crippen molar-refractivity contribution in [2.75, 3.05) is 0 Å². The second-order valence-electron chi connectivity index (χ2n) is 4.70. The van der Waals surface area contributed by atoms with E-state index in [0.29, 0.717) is 11.3 Å². The zero-order chi connectivity index (χ0) is 14.8. The van der Waals surface area contributed by atoms with E-state index in [-0.39, 0.29) is 6.54 Å².